The number of carbonyl (C=O) groups excluding carboxylic acids is 14. The summed E-state index contributed by atoms with van der Waals surface area (Å²) in [6.07, 6.45) is 2.15. The Bertz CT molecular complexity index is 4890. The van der Waals surface area contributed by atoms with Gasteiger partial charge in [-0.25, -0.2) is 4.39 Å². The molecule has 13 atom stereocenters. The van der Waals surface area contributed by atoms with Crippen molar-refractivity contribution in [1.82, 2.24) is 77.3 Å². The number of aromatic nitrogens is 1. The average molecular weight is 1840 g/mol. The second-order valence-corrected chi connectivity index (χ2v) is 35.8. The van der Waals surface area contributed by atoms with E-state index in [0.717, 1.165) is 52.5 Å². The lowest BCUT2D eigenvalue weighted by molar-refractivity contribution is -0.152. The molecule has 710 valence electrons. The number of H-pyrrole nitrogens is 1. The lowest BCUT2D eigenvalue weighted by Gasteiger charge is -2.41. The first kappa shape index (κ1) is 104. The number of phenols is 2. The summed E-state index contributed by atoms with van der Waals surface area (Å²) in [5.74, 6) is -14.5. The number of hydrogen-bond donors (Lipinski definition) is 15. The first-order chi connectivity index (χ1) is 62.3. The Morgan fingerprint density at radius 1 is 0.557 bits per heavy atom. The van der Waals surface area contributed by atoms with Crippen LogP contribution in [0.2, 0.25) is 0 Å². The molecule has 0 saturated carbocycles. The number of carboxylic acid groups (broad SMARTS) is 1. The molecule has 16 N–H and O–H groups in total. The van der Waals surface area contributed by atoms with Crippen molar-refractivity contribution in [2.75, 3.05) is 58.8 Å². The number of aromatic hydroxyl groups is 2. The quantitative estimate of drug-likeness (QED) is 0.0243. The van der Waals surface area contributed by atoms with Crippen LogP contribution in [0.15, 0.2) is 134 Å². The van der Waals surface area contributed by atoms with E-state index in [1.807, 2.05) is 45.0 Å². The number of phenolic OH excluding ortho intramolecular Hbond substituents is 2. The lowest BCUT2D eigenvalue weighted by Crippen LogP contribution is -2.62. The number of nitrogens with one attached hydrogen (secondary N) is 10. The Labute approximate surface area is 766 Å². The van der Waals surface area contributed by atoms with Crippen LogP contribution < -0.4 is 53.6 Å². The number of unbranched alkanes of at least 4 members (excludes halogenated alkanes) is 1. The van der Waals surface area contributed by atoms with Gasteiger partial charge in [0.2, 0.25) is 83.2 Å². The minimum atomic E-state index is -1.80. The summed E-state index contributed by atoms with van der Waals surface area (Å²) < 4.78 is 14.6. The van der Waals surface area contributed by atoms with Crippen molar-refractivity contribution in [2.45, 2.75) is 224 Å². The number of hydrogen-bond acceptors (Lipinski definition) is 20. The number of rotatable bonds is 51. The van der Waals surface area contributed by atoms with Crippen molar-refractivity contribution in [2.24, 2.45) is 23.5 Å². The Morgan fingerprint density at radius 3 is 1.69 bits per heavy atom. The lowest BCUT2D eigenvalue weighted by atomic mass is 9.97. The highest BCUT2D eigenvalue weighted by Gasteiger charge is 2.45. The topological polar surface area (TPSA) is 503 Å². The highest BCUT2D eigenvalue weighted by molar-refractivity contribution is 8.00. The number of nitrogens with zero attached hydrogens (tertiary/aromatic N) is 5. The van der Waals surface area contributed by atoms with E-state index >= 15 is 9.59 Å². The van der Waals surface area contributed by atoms with Gasteiger partial charge >= 0.3 is 5.97 Å². The van der Waals surface area contributed by atoms with Gasteiger partial charge in [-0.1, -0.05) is 146 Å². The SMILES string of the molecule is CCCC[C@@H](C(O)N1CCC[C@@H]1C(=O)N[C@@H](CC(=O)O)C(=O)N[C@H](C(=O)N(C)[C@@H](CC(C)C)C(=O)N[C@@H](Cc1ccc(O)cc1)C(=O)N1CCCC1)C(C)C)N(C)C(=O)[C@H](Cc1ccccc1)N(C)C(=O)[C@H](Cc1ccc(F)cc1)NC(=O)CSC[C@H](NC(=O)[C@H](CC(C)C)NC(=O)[C@H](Cc1ccc(O)cc1)NC(=O)[C@H](Cc1c[nH]c2ccccc12)NC=O)C(=O)NCC(N)=O. The van der Waals surface area contributed by atoms with Crippen molar-refractivity contribution < 1.29 is 96.7 Å². The van der Waals surface area contributed by atoms with Gasteiger partial charge in [-0.15, -0.1) is 11.8 Å². The van der Waals surface area contributed by atoms with Crippen LogP contribution in [-0.4, -0.2) is 277 Å². The number of primary amides is 1. The number of aliphatic hydroxyl groups excluding tert-OH is 1. The van der Waals surface area contributed by atoms with Crippen LogP contribution in [0.4, 0.5) is 4.39 Å². The maximum atomic E-state index is 15.7. The molecule has 0 radical (unpaired) electrons. The van der Waals surface area contributed by atoms with E-state index in [1.54, 1.807) is 81.3 Å². The van der Waals surface area contributed by atoms with Gasteiger partial charge in [0.25, 0.3) is 0 Å². The number of nitrogens with two attached hydrogens (primary N) is 1. The smallest absolute Gasteiger partial charge is 0.305 e. The van der Waals surface area contributed by atoms with Gasteiger partial charge in [0, 0.05) is 95.7 Å². The van der Waals surface area contributed by atoms with Crippen LogP contribution in [0, 0.1) is 23.6 Å². The number of aliphatic hydroxyl groups is 1. The number of fused-ring (bicyclic) bond motifs is 1. The number of thioether (sulfide) groups is 1. The van der Waals surface area contributed by atoms with Crippen molar-refractivity contribution >= 4 is 112 Å². The van der Waals surface area contributed by atoms with Crippen LogP contribution in [0.3, 0.4) is 0 Å². The van der Waals surface area contributed by atoms with Crippen molar-refractivity contribution in [1.29, 1.82) is 0 Å². The Balaban J connectivity index is 0.980. The molecule has 14 amide bonds. The number of halogens is 1. The van der Waals surface area contributed by atoms with Gasteiger partial charge in [0.05, 0.1) is 30.8 Å². The molecule has 1 unspecified atom stereocenters. The molecule has 37 heteroatoms. The maximum absolute atomic E-state index is 15.7. The van der Waals surface area contributed by atoms with Gasteiger partial charge in [-0.2, -0.15) is 0 Å². The second-order valence-electron chi connectivity index (χ2n) is 34.8. The van der Waals surface area contributed by atoms with E-state index < -0.39 is 186 Å². The minimum Gasteiger partial charge on any atom is -0.508 e. The summed E-state index contributed by atoms with van der Waals surface area (Å²) in [6, 6.07) is 16.9. The normalized spacial score (nSPS) is 16.0. The number of carboxylic acids is 1. The number of amides is 14. The predicted octanol–water partition coefficient (Wildman–Crippen LogP) is 3.37. The van der Waals surface area contributed by atoms with E-state index in [9.17, 15) is 87.1 Å². The van der Waals surface area contributed by atoms with Crippen molar-refractivity contribution in [3.63, 3.8) is 0 Å². The maximum Gasteiger partial charge on any atom is 0.305 e. The zero-order chi connectivity index (χ0) is 95.9. The fraction of sp³-hybridized carbons (Fsp3) is 0.500. The van der Waals surface area contributed by atoms with Gasteiger partial charge in [0.15, 0.2) is 0 Å². The summed E-state index contributed by atoms with van der Waals surface area (Å²) in [5.41, 5.74) is 8.98. The van der Waals surface area contributed by atoms with Gasteiger partial charge < -0.3 is 98.6 Å². The highest BCUT2D eigenvalue weighted by Crippen LogP contribution is 2.29. The van der Waals surface area contributed by atoms with Crippen LogP contribution in [-0.2, 0) is 104 Å². The van der Waals surface area contributed by atoms with E-state index in [4.69, 9.17) is 5.73 Å². The van der Waals surface area contributed by atoms with Crippen molar-refractivity contribution in [3.05, 3.63) is 167 Å². The summed E-state index contributed by atoms with van der Waals surface area (Å²) >= 11 is 0.812. The molecule has 8 rings (SSSR count). The second kappa shape index (κ2) is 50.6. The van der Waals surface area contributed by atoms with E-state index in [1.165, 1.54) is 84.4 Å². The molecule has 2 aliphatic rings. The Hall–Kier alpha value is -12.5. The first-order valence-electron chi connectivity index (χ1n) is 44.4. The molecule has 35 nitrogen and oxygen atoms in total. The number of likely N-dealkylation sites (tertiary alicyclic amines) is 2. The molecule has 0 bridgehead atoms. The molecular formula is C94H127FN16O19S. The summed E-state index contributed by atoms with van der Waals surface area (Å²) in [6.45, 7) is 12.7. The standard InChI is InChI=1S/C94H127FN16O19S/c1-11-12-25-76(93(129)111-41-20-26-75(111)88(124)103-71(49-81(117)118)87(123)106-82(57(6)7)94(130)108(9)77(43-56(4)5)89(125)104-73(91(127)110-39-18-19-40-110)46-61-31-37-65(114)38-32-61)107(8)92(128)78(47-58-21-14-13-15-22-58)109(10)90(126)72(45-59-27-33-63(95)34-28-59)100-80(116)53-131-52-74(83(119)98-51-79(96)115)105-85(121)69(42-55(2)3)101-86(122)70(44-60-29-35-64(113)36-30-60)102-84(120)68(99-54-112)48-62-50-97-67-24-17-16-23-66(62)67/h13-17,21-24,27-38,50,54-57,68-78,82,93,97,113-114,129H,11-12,18-20,25-26,39-49,51-53H2,1-10H3,(H2,96,115)(H,98,119)(H,99,112)(H,100,116)(H,101,122)(H,102,120)(H,103,124)(H,104,125)(H,105,121)(H,106,123)(H,117,118)/t68-,69-,70-,71-,72-,73-,74-,75+,76-,77-,78-,82-,93?/m0/s1. The summed E-state index contributed by atoms with van der Waals surface area (Å²) in [4.78, 5) is 223. The number of benzene rings is 5. The Morgan fingerprint density at radius 2 is 1.10 bits per heavy atom. The summed E-state index contributed by atoms with van der Waals surface area (Å²) in [7, 11) is 4.19. The monoisotopic (exact) mass is 1830 g/mol. The van der Waals surface area contributed by atoms with Gasteiger partial charge in [-0.05, 0) is 133 Å². The van der Waals surface area contributed by atoms with Gasteiger partial charge in [-0.3, -0.25) is 76.8 Å². The molecule has 5 aromatic carbocycles. The van der Waals surface area contributed by atoms with E-state index in [0.29, 0.717) is 66.6 Å². The first-order valence-corrected chi connectivity index (χ1v) is 45.6. The molecule has 2 saturated heterocycles. The largest absolute Gasteiger partial charge is 0.508 e. The molecule has 3 heterocycles. The molecule has 1 aromatic heterocycles. The Kier molecular flexibility index (Phi) is 40.1. The summed E-state index contributed by atoms with van der Waals surface area (Å²) in [5, 5.41) is 67.9. The third kappa shape index (κ3) is 31.1. The van der Waals surface area contributed by atoms with Gasteiger partial charge in [0.1, 0.15) is 84.0 Å². The molecular weight excluding hydrogens is 1710 g/mol. The zero-order valence-electron chi connectivity index (χ0n) is 75.9. The molecule has 0 spiro atoms. The van der Waals surface area contributed by atoms with Crippen LogP contribution in [0.5, 0.6) is 11.5 Å². The third-order valence-corrected chi connectivity index (χ3v) is 24.5. The fourth-order valence-corrected chi connectivity index (χ4v) is 17.1. The van der Waals surface area contributed by atoms with Crippen LogP contribution >= 0.6 is 11.8 Å². The molecule has 6 aromatic rings. The molecule has 131 heavy (non-hydrogen) atoms. The molecule has 2 aliphatic heterocycles. The van der Waals surface area contributed by atoms with Crippen LogP contribution in [0.25, 0.3) is 10.9 Å². The van der Waals surface area contributed by atoms with E-state index in [-0.39, 0.29) is 99.3 Å². The third-order valence-electron chi connectivity index (χ3n) is 23.4. The van der Waals surface area contributed by atoms with Crippen LogP contribution in [0.1, 0.15) is 140 Å². The molecule has 2 fully saturated rings. The molecule has 0 aliphatic carbocycles. The number of para-hydroxylation sites is 1. The number of likely N-dealkylation sites (N-methyl/N-ethyl adjacent to an activating group) is 3. The van der Waals surface area contributed by atoms with E-state index in [2.05, 4.69) is 52.8 Å². The minimum absolute atomic E-state index is 0.00468. The average Bonchev–Trinajstić information content (AvgIpc) is 1.54. The van der Waals surface area contributed by atoms with Crippen molar-refractivity contribution in [3.8, 4) is 11.5 Å². The number of aromatic amines is 1. The predicted molar refractivity (Wildman–Crippen MR) is 489 cm³/mol. The number of aliphatic carboxylic acids is 1. The zero-order valence-corrected chi connectivity index (χ0v) is 76.7. The fourth-order valence-electron chi connectivity index (χ4n) is 16.2. The highest BCUT2D eigenvalue weighted by atomic mass is 32.2. The number of carbonyl (C=O) groups is 15.